The molecule has 0 aliphatic heterocycles. The molecule has 0 aliphatic carbocycles. The Morgan fingerprint density at radius 1 is 1.21 bits per heavy atom. The van der Waals surface area contributed by atoms with E-state index < -0.39 is 6.10 Å². The normalized spacial score (nSPS) is 11.2. The van der Waals surface area contributed by atoms with Crippen LogP contribution in [0.4, 0.5) is 5.69 Å². The molecule has 0 saturated heterocycles. The van der Waals surface area contributed by atoms with Crippen molar-refractivity contribution in [3.05, 3.63) is 58.6 Å². The molecule has 5 nitrogen and oxygen atoms in total. The van der Waals surface area contributed by atoms with E-state index in [1.807, 2.05) is 6.07 Å². The Bertz CT molecular complexity index is 810. The number of halogens is 1. The van der Waals surface area contributed by atoms with Crippen LogP contribution in [0.5, 0.6) is 5.75 Å². The van der Waals surface area contributed by atoms with Gasteiger partial charge >= 0.3 is 0 Å². The zero-order chi connectivity index (χ0) is 17.7. The van der Waals surface area contributed by atoms with Gasteiger partial charge in [-0.2, -0.15) is 5.26 Å². The molecule has 122 valence electrons. The number of ketones is 1. The Morgan fingerprint density at radius 3 is 2.42 bits per heavy atom. The number of nitrogens with one attached hydrogen (secondary N) is 1. The van der Waals surface area contributed by atoms with E-state index in [-0.39, 0.29) is 16.7 Å². The van der Waals surface area contributed by atoms with Gasteiger partial charge in [-0.05, 0) is 56.3 Å². The Hall–Kier alpha value is -2.84. The molecule has 6 heteroatoms. The first-order chi connectivity index (χ1) is 11.4. The van der Waals surface area contributed by atoms with E-state index in [1.165, 1.54) is 13.0 Å². The fourth-order valence-electron chi connectivity index (χ4n) is 1.94. The first-order valence-corrected chi connectivity index (χ1v) is 7.56. The molecule has 24 heavy (non-hydrogen) atoms. The van der Waals surface area contributed by atoms with Gasteiger partial charge in [0, 0.05) is 11.3 Å². The molecule has 0 saturated carbocycles. The highest BCUT2D eigenvalue weighted by atomic mass is 35.5. The number of carbonyl (C=O) groups is 2. The van der Waals surface area contributed by atoms with E-state index in [1.54, 1.807) is 43.3 Å². The summed E-state index contributed by atoms with van der Waals surface area (Å²) >= 11 is 6.02. The average Bonchev–Trinajstić information content (AvgIpc) is 2.57. The van der Waals surface area contributed by atoms with Crippen LogP contribution in [0.2, 0.25) is 5.02 Å². The van der Waals surface area contributed by atoms with Crippen LogP contribution < -0.4 is 10.1 Å². The van der Waals surface area contributed by atoms with Crippen molar-refractivity contribution >= 4 is 29.0 Å². The number of rotatable bonds is 5. The molecule has 0 heterocycles. The summed E-state index contributed by atoms with van der Waals surface area (Å²) in [5, 5.41) is 11.8. The van der Waals surface area contributed by atoms with Crippen LogP contribution in [0.25, 0.3) is 0 Å². The third-order valence-electron chi connectivity index (χ3n) is 3.29. The topological polar surface area (TPSA) is 79.2 Å². The number of hydrogen-bond donors (Lipinski definition) is 1. The van der Waals surface area contributed by atoms with Gasteiger partial charge in [-0.1, -0.05) is 11.6 Å². The number of carbonyl (C=O) groups excluding carboxylic acids is 2. The Kier molecular flexibility index (Phi) is 5.56. The van der Waals surface area contributed by atoms with Crippen LogP contribution in [0, 0.1) is 11.3 Å². The molecule has 1 N–H and O–H groups in total. The largest absolute Gasteiger partial charge is 0.479 e. The van der Waals surface area contributed by atoms with Crippen molar-refractivity contribution in [2.45, 2.75) is 20.0 Å². The van der Waals surface area contributed by atoms with E-state index in [0.717, 1.165) is 0 Å². The minimum Gasteiger partial charge on any atom is -0.479 e. The van der Waals surface area contributed by atoms with E-state index in [2.05, 4.69) is 5.32 Å². The third kappa shape index (κ3) is 4.34. The van der Waals surface area contributed by atoms with Crippen LogP contribution in [0.15, 0.2) is 42.5 Å². The highest BCUT2D eigenvalue weighted by molar-refractivity contribution is 6.32. The van der Waals surface area contributed by atoms with Gasteiger partial charge in [0.1, 0.15) is 5.75 Å². The fraction of sp³-hybridized carbons (Fsp3) is 0.167. The van der Waals surface area contributed by atoms with Crippen molar-refractivity contribution in [3.63, 3.8) is 0 Å². The summed E-state index contributed by atoms with van der Waals surface area (Å²) in [4.78, 5) is 23.4. The van der Waals surface area contributed by atoms with Gasteiger partial charge in [0.15, 0.2) is 11.9 Å². The lowest BCUT2D eigenvalue weighted by Gasteiger charge is -2.16. The molecular formula is C18H15ClN2O3. The predicted molar refractivity (Wildman–Crippen MR) is 91.3 cm³/mol. The van der Waals surface area contributed by atoms with Gasteiger partial charge < -0.3 is 10.1 Å². The summed E-state index contributed by atoms with van der Waals surface area (Å²) in [6, 6.07) is 13.1. The maximum absolute atomic E-state index is 12.2. The van der Waals surface area contributed by atoms with Crippen LogP contribution in [-0.4, -0.2) is 17.8 Å². The average molecular weight is 343 g/mol. The number of Topliss-reactive ketones (excluding diaryl/α,β-unsaturated/α-hetero) is 1. The molecule has 0 aromatic heterocycles. The van der Waals surface area contributed by atoms with Crippen LogP contribution in [0.3, 0.4) is 0 Å². The summed E-state index contributed by atoms with van der Waals surface area (Å²) in [6.07, 6.45) is -0.789. The van der Waals surface area contributed by atoms with Crippen molar-refractivity contribution < 1.29 is 14.3 Å². The molecule has 0 radical (unpaired) electrons. The SMILES string of the molecule is CC(=O)c1ccc(NC(=O)[C@@H](C)Oc2ccc(C#N)cc2Cl)cc1. The smallest absolute Gasteiger partial charge is 0.265 e. The number of nitrogens with zero attached hydrogens (tertiary/aromatic N) is 1. The molecule has 2 aromatic carbocycles. The lowest BCUT2D eigenvalue weighted by Crippen LogP contribution is -2.30. The summed E-state index contributed by atoms with van der Waals surface area (Å²) in [5.74, 6) is -0.0729. The van der Waals surface area contributed by atoms with Crippen molar-refractivity contribution in [1.29, 1.82) is 5.26 Å². The maximum atomic E-state index is 12.2. The first-order valence-electron chi connectivity index (χ1n) is 7.19. The summed E-state index contributed by atoms with van der Waals surface area (Å²) < 4.78 is 5.53. The van der Waals surface area contributed by atoms with E-state index >= 15 is 0 Å². The Balaban J connectivity index is 2.02. The second-order valence-electron chi connectivity index (χ2n) is 5.14. The van der Waals surface area contributed by atoms with Crippen molar-refractivity contribution in [1.82, 2.24) is 0 Å². The highest BCUT2D eigenvalue weighted by Gasteiger charge is 2.16. The standard InChI is InChI=1S/C18H15ClN2O3/c1-11(22)14-4-6-15(7-5-14)21-18(23)12(2)24-17-8-3-13(10-20)9-16(17)19/h3-9,12H,1-2H3,(H,21,23)/t12-/m1/s1. The quantitative estimate of drug-likeness (QED) is 0.838. The second-order valence-corrected chi connectivity index (χ2v) is 5.55. The third-order valence-corrected chi connectivity index (χ3v) is 3.59. The Morgan fingerprint density at radius 2 is 1.88 bits per heavy atom. The summed E-state index contributed by atoms with van der Waals surface area (Å²) in [5.41, 5.74) is 1.54. The van der Waals surface area contributed by atoms with E-state index in [0.29, 0.717) is 22.6 Å². The summed E-state index contributed by atoms with van der Waals surface area (Å²) in [6.45, 7) is 3.07. The van der Waals surface area contributed by atoms with Gasteiger partial charge in [-0.3, -0.25) is 9.59 Å². The van der Waals surface area contributed by atoms with Gasteiger partial charge in [0.05, 0.1) is 16.7 Å². The monoisotopic (exact) mass is 342 g/mol. The molecular weight excluding hydrogens is 328 g/mol. The number of anilines is 1. The highest BCUT2D eigenvalue weighted by Crippen LogP contribution is 2.26. The lowest BCUT2D eigenvalue weighted by molar-refractivity contribution is -0.122. The van der Waals surface area contributed by atoms with Crippen LogP contribution in [-0.2, 0) is 4.79 Å². The molecule has 0 bridgehead atoms. The van der Waals surface area contributed by atoms with Crippen LogP contribution >= 0.6 is 11.6 Å². The minimum atomic E-state index is -0.789. The van der Waals surface area contributed by atoms with E-state index in [9.17, 15) is 9.59 Å². The predicted octanol–water partition coefficient (Wildman–Crippen LogP) is 3.82. The zero-order valence-electron chi connectivity index (χ0n) is 13.2. The second kappa shape index (κ2) is 7.62. The van der Waals surface area contributed by atoms with Gasteiger partial charge in [-0.15, -0.1) is 0 Å². The molecule has 1 atom stereocenters. The molecule has 0 fully saturated rings. The minimum absolute atomic E-state index is 0.0416. The number of nitriles is 1. The van der Waals surface area contributed by atoms with Gasteiger partial charge in [0.25, 0.3) is 5.91 Å². The van der Waals surface area contributed by atoms with E-state index in [4.69, 9.17) is 21.6 Å². The lowest BCUT2D eigenvalue weighted by atomic mass is 10.1. The first kappa shape index (κ1) is 17.5. The summed E-state index contributed by atoms with van der Waals surface area (Å²) in [7, 11) is 0. The van der Waals surface area contributed by atoms with Crippen molar-refractivity contribution in [3.8, 4) is 11.8 Å². The molecule has 0 spiro atoms. The molecule has 0 aliphatic rings. The molecule has 0 unspecified atom stereocenters. The van der Waals surface area contributed by atoms with Crippen molar-refractivity contribution in [2.75, 3.05) is 5.32 Å². The molecule has 2 rings (SSSR count). The van der Waals surface area contributed by atoms with Crippen LogP contribution in [0.1, 0.15) is 29.8 Å². The van der Waals surface area contributed by atoms with Gasteiger partial charge in [-0.25, -0.2) is 0 Å². The molecule has 2 aromatic rings. The zero-order valence-corrected chi connectivity index (χ0v) is 13.9. The fourth-order valence-corrected chi connectivity index (χ4v) is 2.17. The Labute approximate surface area is 144 Å². The number of amides is 1. The maximum Gasteiger partial charge on any atom is 0.265 e. The van der Waals surface area contributed by atoms with Gasteiger partial charge in [0.2, 0.25) is 0 Å². The number of ether oxygens (including phenoxy) is 1. The number of hydrogen-bond acceptors (Lipinski definition) is 4. The molecule has 1 amide bonds. The van der Waals surface area contributed by atoms with Crippen molar-refractivity contribution in [2.24, 2.45) is 0 Å². The number of benzene rings is 2.